The highest BCUT2D eigenvalue weighted by Crippen LogP contribution is 2.38. The van der Waals surface area contributed by atoms with Crippen LogP contribution in [0.25, 0.3) is 0 Å². The molecule has 4 rings (SSSR count). The molecule has 0 unspecified atom stereocenters. The second kappa shape index (κ2) is 7.94. The topological polar surface area (TPSA) is 9.23 Å². The van der Waals surface area contributed by atoms with Gasteiger partial charge in [-0.05, 0) is 54.4 Å². The van der Waals surface area contributed by atoms with Crippen molar-refractivity contribution in [1.29, 1.82) is 0 Å². The Labute approximate surface area is 159 Å². The van der Waals surface area contributed by atoms with E-state index in [-0.39, 0.29) is 0 Å². The fraction of sp³-hybridized carbons (Fsp3) is 0.478. The Kier molecular flexibility index (Phi) is 5.43. The Bertz CT molecular complexity index is 693. The van der Waals surface area contributed by atoms with Crippen LogP contribution >= 0.6 is 0 Å². The first-order valence-corrected chi connectivity index (χ1v) is 10.5. The van der Waals surface area contributed by atoms with Crippen LogP contribution in [0, 0.1) is 5.92 Å². The van der Waals surface area contributed by atoms with E-state index in [0.29, 0.717) is 0 Å². The van der Waals surface area contributed by atoms with Gasteiger partial charge in [0.15, 0.2) is 6.71 Å². The number of benzene rings is 1. The molecule has 0 atom stereocenters. The third-order valence-electron chi connectivity index (χ3n) is 6.84. The second-order valence-electron chi connectivity index (χ2n) is 8.51. The lowest BCUT2D eigenvalue weighted by atomic mass is 9.24. The van der Waals surface area contributed by atoms with Gasteiger partial charge in [0.2, 0.25) is 0 Å². The van der Waals surface area contributed by atoms with Crippen LogP contribution in [0.1, 0.15) is 24.8 Å². The van der Waals surface area contributed by atoms with Gasteiger partial charge in [0.1, 0.15) is 12.5 Å². The van der Waals surface area contributed by atoms with Crippen molar-refractivity contribution in [3.05, 3.63) is 60.2 Å². The molecule has 0 aromatic heterocycles. The van der Waals surface area contributed by atoms with E-state index in [4.69, 9.17) is 4.74 Å². The smallest absolute Gasteiger partial charge is 0.174 e. The van der Waals surface area contributed by atoms with E-state index in [2.05, 4.69) is 31.4 Å². The molecule has 0 radical (unpaired) electrons. The first-order valence-electron chi connectivity index (χ1n) is 10.5. The van der Waals surface area contributed by atoms with Gasteiger partial charge in [-0.25, -0.2) is 0 Å². The number of ether oxygens (including phenoxy) is 1. The summed E-state index contributed by atoms with van der Waals surface area (Å²) in [5.41, 5.74) is 5.87. The summed E-state index contributed by atoms with van der Waals surface area (Å²) in [5, 5.41) is 0. The van der Waals surface area contributed by atoms with Crippen molar-refractivity contribution < 1.29 is 4.74 Å². The molecule has 0 N–H and O–H groups in total. The molecule has 3 aliphatic rings. The third kappa shape index (κ3) is 3.72. The second-order valence-corrected chi connectivity index (χ2v) is 8.51. The first-order chi connectivity index (χ1) is 12.8. The van der Waals surface area contributed by atoms with Gasteiger partial charge < -0.3 is 4.74 Å². The largest absolute Gasteiger partial charge is 0.493 e. The SMILES string of the molecule is C=CC1=C(C=C)CC(CB2CCB(c3ccc4c(c3)CCCO4)CC2)C1. The number of fused-ring (bicyclic) bond motifs is 1. The number of allylic oxidation sites excluding steroid dienone is 4. The normalized spacial score (nSPS) is 20.8. The molecule has 0 bridgehead atoms. The van der Waals surface area contributed by atoms with Crippen molar-refractivity contribution in [1.82, 2.24) is 0 Å². The molecule has 26 heavy (non-hydrogen) atoms. The van der Waals surface area contributed by atoms with Gasteiger partial charge in [-0.15, -0.1) is 0 Å². The highest BCUT2D eigenvalue weighted by Gasteiger charge is 2.31. The van der Waals surface area contributed by atoms with E-state index in [1.165, 1.54) is 67.6 Å². The van der Waals surface area contributed by atoms with Crippen LogP contribution in [-0.4, -0.2) is 20.0 Å². The molecule has 2 aliphatic heterocycles. The van der Waals surface area contributed by atoms with Crippen molar-refractivity contribution >= 4 is 18.9 Å². The number of rotatable bonds is 5. The molecule has 1 nitrogen and oxygen atoms in total. The maximum absolute atomic E-state index is 5.77. The van der Waals surface area contributed by atoms with Gasteiger partial charge in [-0.3, -0.25) is 0 Å². The quantitative estimate of drug-likeness (QED) is 0.659. The van der Waals surface area contributed by atoms with Crippen molar-refractivity contribution in [3.8, 4) is 5.75 Å². The summed E-state index contributed by atoms with van der Waals surface area (Å²) >= 11 is 0. The molecule has 1 saturated heterocycles. The minimum atomic E-state index is 0.757. The standard InChI is InChI=1S/C23H30B2O/c1-3-19-14-18(15-20(19)4-2)17-24-9-11-25(12-10-24)22-7-8-23-21(16-22)6-5-13-26-23/h3-4,7-8,16,18H,1-2,5-6,9-15,17H2. The molecule has 3 heteroatoms. The van der Waals surface area contributed by atoms with Crippen LogP contribution in [0.15, 0.2) is 54.7 Å². The molecule has 2 heterocycles. The third-order valence-corrected chi connectivity index (χ3v) is 6.84. The van der Waals surface area contributed by atoms with Crippen LogP contribution in [0.3, 0.4) is 0 Å². The Hall–Kier alpha value is -1.63. The van der Waals surface area contributed by atoms with Crippen LogP contribution in [0.5, 0.6) is 5.75 Å². The maximum atomic E-state index is 5.77. The van der Waals surface area contributed by atoms with Crippen LogP contribution in [0.4, 0.5) is 0 Å². The molecule has 1 fully saturated rings. The van der Waals surface area contributed by atoms with Gasteiger partial charge in [-0.2, -0.15) is 0 Å². The van der Waals surface area contributed by atoms with Crippen LogP contribution in [-0.2, 0) is 6.42 Å². The predicted octanol–water partition coefficient (Wildman–Crippen LogP) is 5.30. The molecule has 134 valence electrons. The predicted molar refractivity (Wildman–Crippen MR) is 116 cm³/mol. The Morgan fingerprint density at radius 3 is 2.46 bits per heavy atom. The van der Waals surface area contributed by atoms with Gasteiger partial charge in [0, 0.05) is 0 Å². The summed E-state index contributed by atoms with van der Waals surface area (Å²) in [4.78, 5) is 0. The molecule has 1 aromatic carbocycles. The lowest BCUT2D eigenvalue weighted by Gasteiger charge is -2.27. The monoisotopic (exact) mass is 344 g/mol. The Morgan fingerprint density at radius 1 is 1.04 bits per heavy atom. The lowest BCUT2D eigenvalue weighted by Crippen LogP contribution is -2.37. The summed E-state index contributed by atoms with van der Waals surface area (Å²) in [6.07, 6.45) is 15.8. The van der Waals surface area contributed by atoms with Crippen molar-refractivity contribution in [2.24, 2.45) is 5.92 Å². The maximum Gasteiger partial charge on any atom is 0.174 e. The minimum absolute atomic E-state index is 0.757. The summed E-state index contributed by atoms with van der Waals surface area (Å²) in [5.74, 6) is 1.94. The summed E-state index contributed by atoms with van der Waals surface area (Å²) in [6, 6.07) is 6.98. The zero-order chi connectivity index (χ0) is 17.9. The molecule has 0 amide bonds. The Morgan fingerprint density at radius 2 is 1.77 bits per heavy atom. The van der Waals surface area contributed by atoms with Crippen molar-refractivity contribution in [3.63, 3.8) is 0 Å². The fourth-order valence-electron chi connectivity index (χ4n) is 5.39. The number of hydrogen-bond acceptors (Lipinski definition) is 1. The van der Waals surface area contributed by atoms with Crippen LogP contribution in [0.2, 0.25) is 31.6 Å². The summed E-state index contributed by atoms with van der Waals surface area (Å²) < 4.78 is 5.77. The van der Waals surface area contributed by atoms with Crippen molar-refractivity contribution in [2.75, 3.05) is 6.61 Å². The van der Waals surface area contributed by atoms with E-state index in [1.807, 2.05) is 12.2 Å². The molecular weight excluding hydrogens is 314 g/mol. The van der Waals surface area contributed by atoms with Gasteiger partial charge >= 0.3 is 0 Å². The van der Waals surface area contributed by atoms with E-state index in [1.54, 1.807) is 5.46 Å². The van der Waals surface area contributed by atoms with Gasteiger partial charge in [0.05, 0.1) is 6.61 Å². The summed E-state index contributed by atoms with van der Waals surface area (Å²) in [6.45, 7) is 10.5. The minimum Gasteiger partial charge on any atom is -0.493 e. The number of aryl methyl sites for hydroxylation is 1. The average molecular weight is 344 g/mol. The molecule has 1 aromatic rings. The first kappa shape index (κ1) is 17.8. The van der Waals surface area contributed by atoms with E-state index in [0.717, 1.165) is 38.1 Å². The van der Waals surface area contributed by atoms with Crippen molar-refractivity contribution in [2.45, 2.75) is 57.3 Å². The Balaban J connectivity index is 1.31. The van der Waals surface area contributed by atoms with E-state index >= 15 is 0 Å². The molecular formula is C23H30B2O. The van der Waals surface area contributed by atoms with Crippen LogP contribution < -0.4 is 10.2 Å². The number of hydrogen-bond donors (Lipinski definition) is 0. The summed E-state index contributed by atoms with van der Waals surface area (Å²) in [7, 11) is 0. The van der Waals surface area contributed by atoms with Gasteiger partial charge in [-0.1, -0.05) is 74.5 Å². The van der Waals surface area contributed by atoms with Gasteiger partial charge in [0.25, 0.3) is 0 Å². The zero-order valence-electron chi connectivity index (χ0n) is 16.0. The zero-order valence-corrected chi connectivity index (χ0v) is 16.0. The molecule has 0 saturated carbocycles. The average Bonchev–Trinajstić information content (AvgIpc) is 3.10. The highest BCUT2D eigenvalue weighted by molar-refractivity contribution is 6.78. The molecule has 0 spiro atoms. The van der Waals surface area contributed by atoms with E-state index in [9.17, 15) is 0 Å². The fourth-order valence-corrected chi connectivity index (χ4v) is 5.39. The highest BCUT2D eigenvalue weighted by atomic mass is 16.5. The van der Waals surface area contributed by atoms with E-state index < -0.39 is 0 Å². The lowest BCUT2D eigenvalue weighted by molar-refractivity contribution is 0.288. The molecule has 1 aliphatic carbocycles.